The maximum Gasteiger partial charge on any atom is 0.238 e. The number of carbonyl (C=O) groups is 1. The minimum absolute atomic E-state index is 0.126. The van der Waals surface area contributed by atoms with Crippen molar-refractivity contribution in [3.05, 3.63) is 0 Å². The summed E-state index contributed by atoms with van der Waals surface area (Å²) >= 11 is 4.43. The molecular weight excluding hydrogens is 234 g/mol. The maximum absolute atomic E-state index is 12.5. The lowest BCUT2D eigenvalue weighted by atomic mass is 10.0. The zero-order valence-corrected chi connectivity index (χ0v) is 11.8. The van der Waals surface area contributed by atoms with E-state index in [1.165, 1.54) is 19.3 Å². The Morgan fingerprint density at radius 1 is 1.47 bits per heavy atom. The van der Waals surface area contributed by atoms with Crippen molar-refractivity contribution in [2.45, 2.75) is 63.0 Å². The van der Waals surface area contributed by atoms with Gasteiger partial charge in [0.15, 0.2) is 0 Å². The number of thiol groups is 1. The number of nitrogens with zero attached hydrogens (tertiary/aromatic N) is 1. The zero-order chi connectivity index (χ0) is 12.6. The second-order valence-electron chi connectivity index (χ2n) is 5.47. The molecule has 3 nitrogen and oxygen atoms in total. The summed E-state index contributed by atoms with van der Waals surface area (Å²) in [4.78, 5) is 14.6. The van der Waals surface area contributed by atoms with Crippen LogP contribution in [0.25, 0.3) is 0 Å². The number of likely N-dealkylation sites (tertiary alicyclic amines) is 1. The van der Waals surface area contributed by atoms with Gasteiger partial charge in [0, 0.05) is 19.2 Å². The van der Waals surface area contributed by atoms with Gasteiger partial charge in [-0.15, -0.1) is 0 Å². The number of rotatable bonds is 3. The molecule has 1 heterocycles. The molecule has 0 aromatic heterocycles. The fourth-order valence-corrected chi connectivity index (χ4v) is 3.66. The second-order valence-corrected chi connectivity index (χ2v) is 6.03. The van der Waals surface area contributed by atoms with Gasteiger partial charge in [-0.25, -0.2) is 0 Å². The Kier molecular flexibility index (Phi) is 4.03. The molecule has 5 atom stereocenters. The first-order valence-corrected chi connectivity index (χ1v) is 7.11. The zero-order valence-electron chi connectivity index (χ0n) is 10.9. The Labute approximate surface area is 109 Å². The van der Waals surface area contributed by atoms with E-state index in [2.05, 4.69) is 24.5 Å². The van der Waals surface area contributed by atoms with Crippen LogP contribution in [0.5, 0.6) is 0 Å². The SMILES string of the molecule is COC(C)C(S)C(=O)N1C2CCCC2C[C@H]1C. The number of hydrogen-bond donors (Lipinski definition) is 1. The monoisotopic (exact) mass is 257 g/mol. The van der Waals surface area contributed by atoms with Crippen molar-refractivity contribution in [2.24, 2.45) is 5.92 Å². The fraction of sp³-hybridized carbons (Fsp3) is 0.923. The van der Waals surface area contributed by atoms with E-state index in [0.717, 1.165) is 12.3 Å². The predicted octanol–water partition coefficient (Wildman–Crippen LogP) is 2.11. The highest BCUT2D eigenvalue weighted by Gasteiger charge is 2.45. The molecule has 17 heavy (non-hydrogen) atoms. The largest absolute Gasteiger partial charge is 0.380 e. The third-order valence-corrected chi connectivity index (χ3v) is 5.06. The van der Waals surface area contributed by atoms with Crippen molar-refractivity contribution < 1.29 is 9.53 Å². The van der Waals surface area contributed by atoms with Crippen molar-refractivity contribution >= 4 is 18.5 Å². The first kappa shape index (κ1) is 13.2. The average Bonchev–Trinajstić information content (AvgIpc) is 2.85. The van der Waals surface area contributed by atoms with Gasteiger partial charge in [-0.3, -0.25) is 4.79 Å². The molecule has 0 radical (unpaired) electrons. The summed E-state index contributed by atoms with van der Waals surface area (Å²) in [5, 5.41) is -0.332. The van der Waals surface area contributed by atoms with Crippen LogP contribution in [-0.2, 0) is 9.53 Å². The molecule has 0 bridgehead atoms. The van der Waals surface area contributed by atoms with Crippen molar-refractivity contribution in [3.63, 3.8) is 0 Å². The van der Waals surface area contributed by atoms with E-state index in [4.69, 9.17) is 4.74 Å². The number of fused-ring (bicyclic) bond motifs is 1. The lowest BCUT2D eigenvalue weighted by molar-refractivity contribution is -0.135. The number of hydrogen-bond acceptors (Lipinski definition) is 3. The summed E-state index contributed by atoms with van der Waals surface area (Å²) in [5.41, 5.74) is 0. The lowest BCUT2D eigenvalue weighted by Crippen LogP contribution is -2.47. The normalized spacial score (nSPS) is 35.8. The summed E-state index contributed by atoms with van der Waals surface area (Å²) in [6, 6.07) is 0.840. The quantitative estimate of drug-likeness (QED) is 0.785. The van der Waals surface area contributed by atoms with E-state index >= 15 is 0 Å². The minimum Gasteiger partial charge on any atom is -0.380 e. The Morgan fingerprint density at radius 2 is 2.18 bits per heavy atom. The average molecular weight is 257 g/mol. The van der Waals surface area contributed by atoms with Gasteiger partial charge in [-0.05, 0) is 39.0 Å². The molecule has 0 spiro atoms. The maximum atomic E-state index is 12.5. The summed E-state index contributed by atoms with van der Waals surface area (Å²) in [6.07, 6.45) is 4.76. The van der Waals surface area contributed by atoms with Crippen molar-refractivity contribution in [1.82, 2.24) is 4.90 Å². The first-order valence-electron chi connectivity index (χ1n) is 6.59. The fourth-order valence-electron chi connectivity index (χ4n) is 3.40. The number of amides is 1. The van der Waals surface area contributed by atoms with Gasteiger partial charge in [-0.2, -0.15) is 12.6 Å². The van der Waals surface area contributed by atoms with Crippen molar-refractivity contribution in [3.8, 4) is 0 Å². The first-order chi connectivity index (χ1) is 8.06. The smallest absolute Gasteiger partial charge is 0.238 e. The van der Waals surface area contributed by atoms with Gasteiger partial charge in [-0.1, -0.05) is 6.42 Å². The molecule has 1 aliphatic heterocycles. The Bertz CT molecular complexity index is 297. The highest BCUT2D eigenvalue weighted by molar-refractivity contribution is 7.81. The highest BCUT2D eigenvalue weighted by atomic mass is 32.1. The molecule has 1 amide bonds. The molecule has 0 N–H and O–H groups in total. The van der Waals surface area contributed by atoms with E-state index in [0.29, 0.717) is 12.1 Å². The molecule has 4 unspecified atom stereocenters. The molecule has 1 saturated carbocycles. The number of methoxy groups -OCH3 is 1. The van der Waals surface area contributed by atoms with Crippen LogP contribution in [0, 0.1) is 5.92 Å². The van der Waals surface area contributed by atoms with Crippen LogP contribution in [0.1, 0.15) is 39.5 Å². The van der Waals surface area contributed by atoms with Crippen LogP contribution in [0.3, 0.4) is 0 Å². The summed E-state index contributed by atoms with van der Waals surface area (Å²) < 4.78 is 5.22. The van der Waals surface area contributed by atoms with Crippen molar-refractivity contribution in [1.29, 1.82) is 0 Å². The van der Waals surface area contributed by atoms with Gasteiger partial charge in [0.05, 0.1) is 6.10 Å². The van der Waals surface area contributed by atoms with E-state index in [1.54, 1.807) is 7.11 Å². The third kappa shape index (κ3) is 2.34. The van der Waals surface area contributed by atoms with Crippen LogP contribution in [0.4, 0.5) is 0 Å². The molecule has 2 aliphatic rings. The van der Waals surface area contributed by atoms with Crippen LogP contribution < -0.4 is 0 Å². The standard InChI is InChI=1S/C13H23NO2S/c1-8-7-10-5-4-6-11(10)14(8)13(15)12(17)9(2)16-3/h8-12,17H,4-7H2,1-3H3/t8-,9?,10?,11?,12?/m1/s1. The van der Waals surface area contributed by atoms with Gasteiger partial charge >= 0.3 is 0 Å². The summed E-state index contributed by atoms with van der Waals surface area (Å²) in [7, 11) is 1.63. The summed E-state index contributed by atoms with van der Waals surface area (Å²) in [6.45, 7) is 4.07. The second kappa shape index (κ2) is 5.19. The van der Waals surface area contributed by atoms with E-state index in [9.17, 15) is 4.79 Å². The molecule has 1 aliphatic carbocycles. The highest BCUT2D eigenvalue weighted by Crippen LogP contribution is 2.41. The molecule has 0 aromatic rings. The molecule has 4 heteroatoms. The van der Waals surface area contributed by atoms with E-state index < -0.39 is 0 Å². The van der Waals surface area contributed by atoms with Crippen LogP contribution in [0.2, 0.25) is 0 Å². The molecule has 0 aromatic carbocycles. The summed E-state index contributed by atoms with van der Waals surface area (Å²) in [5.74, 6) is 0.886. The van der Waals surface area contributed by atoms with Gasteiger partial charge < -0.3 is 9.64 Å². The molecule has 98 valence electrons. The van der Waals surface area contributed by atoms with Gasteiger partial charge in [0.25, 0.3) is 0 Å². The molecule has 2 rings (SSSR count). The third-order valence-electron chi connectivity index (χ3n) is 4.42. The Balaban J connectivity index is 2.08. The molecule has 1 saturated heterocycles. The van der Waals surface area contributed by atoms with Crippen LogP contribution in [0.15, 0.2) is 0 Å². The van der Waals surface area contributed by atoms with Crippen LogP contribution >= 0.6 is 12.6 Å². The van der Waals surface area contributed by atoms with Crippen molar-refractivity contribution in [2.75, 3.05) is 7.11 Å². The van der Waals surface area contributed by atoms with Crippen LogP contribution in [-0.4, -0.2) is 41.4 Å². The number of ether oxygens (including phenoxy) is 1. The Morgan fingerprint density at radius 3 is 2.82 bits per heavy atom. The number of carbonyl (C=O) groups excluding carboxylic acids is 1. The molecule has 2 fully saturated rings. The van der Waals surface area contributed by atoms with E-state index in [1.807, 2.05) is 6.92 Å². The van der Waals surface area contributed by atoms with Gasteiger partial charge in [0.2, 0.25) is 5.91 Å². The topological polar surface area (TPSA) is 29.5 Å². The van der Waals surface area contributed by atoms with E-state index in [-0.39, 0.29) is 17.3 Å². The predicted molar refractivity (Wildman–Crippen MR) is 71.3 cm³/mol. The minimum atomic E-state index is -0.332. The Hall–Kier alpha value is -0.220. The van der Waals surface area contributed by atoms with Gasteiger partial charge in [0.1, 0.15) is 5.25 Å². The molecular formula is C13H23NO2S. The lowest BCUT2D eigenvalue weighted by Gasteiger charge is -2.31.